The van der Waals surface area contributed by atoms with Crippen molar-refractivity contribution >= 4 is 18.0 Å². The van der Waals surface area contributed by atoms with Gasteiger partial charge in [0, 0.05) is 7.05 Å². The third-order valence-electron chi connectivity index (χ3n) is 2.22. The number of amides is 2. The summed E-state index contributed by atoms with van der Waals surface area (Å²) in [6.45, 7) is 0. The van der Waals surface area contributed by atoms with Crippen LogP contribution in [0.25, 0.3) is 0 Å². The summed E-state index contributed by atoms with van der Waals surface area (Å²) in [7, 11) is 4.42. The fourth-order valence-corrected chi connectivity index (χ4v) is 1.26. The average Bonchev–Trinajstić information content (AvgIpc) is 2.45. The molecule has 0 spiro atoms. The Morgan fingerprint density at radius 2 is 1.84 bits per heavy atom. The molecule has 1 rings (SSSR count). The molecular weight excluding hydrogens is 250 g/mol. The number of ether oxygens (including phenoxy) is 2. The number of hydrogen-bond donors (Lipinski definition) is 2. The van der Waals surface area contributed by atoms with E-state index in [1.807, 2.05) is 0 Å². The van der Waals surface area contributed by atoms with Crippen LogP contribution in [0.2, 0.25) is 0 Å². The first-order chi connectivity index (χ1) is 9.12. The molecule has 2 amide bonds. The molecule has 0 radical (unpaired) electrons. The largest absolute Gasteiger partial charge is 0.493 e. The number of methoxy groups -OCH3 is 2. The number of nitrogens with zero attached hydrogens (tertiary/aromatic N) is 1. The van der Waals surface area contributed by atoms with Gasteiger partial charge in [0.05, 0.1) is 20.4 Å². The van der Waals surface area contributed by atoms with Crippen LogP contribution in [0, 0.1) is 0 Å². The summed E-state index contributed by atoms with van der Waals surface area (Å²) in [5.74, 6) is -0.457. The quantitative estimate of drug-likeness (QED) is 0.452. The lowest BCUT2D eigenvalue weighted by Gasteiger charge is -2.07. The molecule has 2 N–H and O–H groups in total. The molecule has 0 fully saturated rings. The number of carbonyl (C=O) groups excluding carboxylic acids is 2. The van der Waals surface area contributed by atoms with Crippen LogP contribution in [0.3, 0.4) is 0 Å². The van der Waals surface area contributed by atoms with Crippen molar-refractivity contribution in [3.05, 3.63) is 23.8 Å². The van der Waals surface area contributed by atoms with E-state index in [1.165, 1.54) is 27.5 Å². The molecule has 0 aliphatic rings. The van der Waals surface area contributed by atoms with Gasteiger partial charge in [0.2, 0.25) is 0 Å². The molecule has 0 saturated carbocycles. The highest BCUT2D eigenvalue weighted by molar-refractivity contribution is 6.34. The molecule has 0 aliphatic carbocycles. The predicted octanol–water partition coefficient (Wildman–Crippen LogP) is -0.100. The fraction of sp³-hybridized carbons (Fsp3) is 0.250. The van der Waals surface area contributed by atoms with Gasteiger partial charge in [-0.3, -0.25) is 9.59 Å². The zero-order valence-electron chi connectivity index (χ0n) is 10.9. The van der Waals surface area contributed by atoms with Crippen molar-refractivity contribution in [3.8, 4) is 11.5 Å². The molecule has 7 heteroatoms. The van der Waals surface area contributed by atoms with Gasteiger partial charge in [-0.1, -0.05) is 0 Å². The predicted molar refractivity (Wildman–Crippen MR) is 69.3 cm³/mol. The van der Waals surface area contributed by atoms with E-state index < -0.39 is 11.8 Å². The number of benzene rings is 1. The van der Waals surface area contributed by atoms with Gasteiger partial charge < -0.3 is 14.8 Å². The Labute approximate surface area is 110 Å². The van der Waals surface area contributed by atoms with Gasteiger partial charge in [-0.15, -0.1) is 0 Å². The Balaban J connectivity index is 2.72. The molecule has 0 bridgehead atoms. The number of nitrogens with one attached hydrogen (secondary N) is 2. The zero-order chi connectivity index (χ0) is 14.3. The van der Waals surface area contributed by atoms with Gasteiger partial charge in [0.25, 0.3) is 0 Å². The highest BCUT2D eigenvalue weighted by Gasteiger charge is 2.09. The maximum absolute atomic E-state index is 11.1. The van der Waals surface area contributed by atoms with Gasteiger partial charge in [0.1, 0.15) is 0 Å². The minimum atomic E-state index is -0.834. The molecule has 0 aliphatic heterocycles. The third kappa shape index (κ3) is 3.98. The van der Waals surface area contributed by atoms with Crippen molar-refractivity contribution in [2.24, 2.45) is 5.10 Å². The lowest BCUT2D eigenvalue weighted by molar-refractivity contribution is -0.138. The van der Waals surface area contributed by atoms with E-state index in [0.29, 0.717) is 17.1 Å². The van der Waals surface area contributed by atoms with Crippen molar-refractivity contribution in [3.63, 3.8) is 0 Å². The summed E-state index contributed by atoms with van der Waals surface area (Å²) in [5.41, 5.74) is 2.78. The van der Waals surface area contributed by atoms with Gasteiger partial charge in [0.15, 0.2) is 11.5 Å². The van der Waals surface area contributed by atoms with Crippen molar-refractivity contribution in [1.82, 2.24) is 10.7 Å². The Hall–Kier alpha value is -2.57. The summed E-state index contributed by atoms with van der Waals surface area (Å²) in [6.07, 6.45) is 1.39. The fourth-order valence-electron chi connectivity index (χ4n) is 1.26. The molecule has 102 valence electrons. The summed E-state index contributed by atoms with van der Waals surface area (Å²) in [4.78, 5) is 22.0. The van der Waals surface area contributed by atoms with Crippen molar-refractivity contribution in [1.29, 1.82) is 0 Å². The van der Waals surface area contributed by atoms with E-state index >= 15 is 0 Å². The maximum atomic E-state index is 11.1. The van der Waals surface area contributed by atoms with Crippen LogP contribution in [0.5, 0.6) is 11.5 Å². The Morgan fingerprint density at radius 3 is 2.42 bits per heavy atom. The second-order valence-corrected chi connectivity index (χ2v) is 3.39. The molecule has 0 aromatic heterocycles. The van der Waals surface area contributed by atoms with Crippen LogP contribution < -0.4 is 20.2 Å². The van der Waals surface area contributed by atoms with Crippen LogP contribution >= 0.6 is 0 Å². The SMILES string of the molecule is CNC(=O)C(=O)N/N=C\c1ccc(OC)c(OC)c1. The molecular formula is C12H15N3O4. The normalized spacial score (nSPS) is 10.1. The first-order valence-electron chi connectivity index (χ1n) is 5.39. The monoisotopic (exact) mass is 265 g/mol. The van der Waals surface area contributed by atoms with Gasteiger partial charge in [-0.25, -0.2) is 5.43 Å². The zero-order valence-corrected chi connectivity index (χ0v) is 10.9. The van der Waals surface area contributed by atoms with E-state index in [2.05, 4.69) is 15.8 Å². The van der Waals surface area contributed by atoms with Crippen molar-refractivity contribution < 1.29 is 19.1 Å². The van der Waals surface area contributed by atoms with Crippen LogP contribution in [0.4, 0.5) is 0 Å². The summed E-state index contributed by atoms with van der Waals surface area (Å²) in [6, 6.07) is 5.13. The van der Waals surface area contributed by atoms with Crippen LogP contribution in [-0.4, -0.2) is 39.3 Å². The number of carbonyl (C=O) groups is 2. The lowest BCUT2D eigenvalue weighted by Crippen LogP contribution is -2.35. The van der Waals surface area contributed by atoms with E-state index in [1.54, 1.807) is 18.2 Å². The molecule has 0 atom stereocenters. The second kappa shape index (κ2) is 7.00. The highest BCUT2D eigenvalue weighted by atomic mass is 16.5. The van der Waals surface area contributed by atoms with Gasteiger partial charge in [-0.2, -0.15) is 5.10 Å². The molecule has 1 aromatic rings. The maximum Gasteiger partial charge on any atom is 0.329 e. The standard InChI is InChI=1S/C12H15N3O4/c1-13-11(16)12(17)15-14-7-8-4-5-9(18-2)10(6-8)19-3/h4-7H,1-3H3,(H,13,16)(H,15,17)/b14-7-. The Kier molecular flexibility index (Phi) is 5.34. The Bertz CT molecular complexity index is 500. The molecule has 0 saturated heterocycles. The first-order valence-corrected chi connectivity index (χ1v) is 5.39. The van der Waals surface area contributed by atoms with Crippen LogP contribution in [0.15, 0.2) is 23.3 Å². The molecule has 1 aromatic carbocycles. The smallest absolute Gasteiger partial charge is 0.329 e. The van der Waals surface area contributed by atoms with Crippen LogP contribution in [0.1, 0.15) is 5.56 Å². The van der Waals surface area contributed by atoms with Gasteiger partial charge >= 0.3 is 11.8 Å². The third-order valence-corrected chi connectivity index (χ3v) is 2.22. The van der Waals surface area contributed by atoms with E-state index in [4.69, 9.17) is 9.47 Å². The molecule has 0 heterocycles. The Morgan fingerprint density at radius 1 is 1.16 bits per heavy atom. The van der Waals surface area contributed by atoms with E-state index in [-0.39, 0.29) is 0 Å². The summed E-state index contributed by atoms with van der Waals surface area (Å²) in [5, 5.41) is 5.85. The van der Waals surface area contributed by atoms with E-state index in [0.717, 1.165) is 0 Å². The number of hydrazone groups is 1. The molecule has 0 unspecified atom stereocenters. The van der Waals surface area contributed by atoms with Crippen molar-refractivity contribution in [2.45, 2.75) is 0 Å². The van der Waals surface area contributed by atoms with E-state index in [9.17, 15) is 9.59 Å². The molecule has 19 heavy (non-hydrogen) atoms. The summed E-state index contributed by atoms with van der Waals surface area (Å²) < 4.78 is 10.2. The molecule has 7 nitrogen and oxygen atoms in total. The topological polar surface area (TPSA) is 89.0 Å². The van der Waals surface area contributed by atoms with Gasteiger partial charge in [-0.05, 0) is 23.8 Å². The second-order valence-electron chi connectivity index (χ2n) is 3.39. The first kappa shape index (κ1) is 14.5. The number of rotatable bonds is 4. The highest BCUT2D eigenvalue weighted by Crippen LogP contribution is 2.26. The van der Waals surface area contributed by atoms with Crippen molar-refractivity contribution in [2.75, 3.05) is 21.3 Å². The number of hydrogen-bond acceptors (Lipinski definition) is 5. The minimum absolute atomic E-state index is 0.545. The average molecular weight is 265 g/mol. The summed E-state index contributed by atoms with van der Waals surface area (Å²) >= 11 is 0. The van der Waals surface area contributed by atoms with Crippen LogP contribution in [-0.2, 0) is 9.59 Å². The minimum Gasteiger partial charge on any atom is -0.493 e. The lowest BCUT2D eigenvalue weighted by atomic mass is 10.2. The number of likely N-dealkylation sites (N-methyl/N-ethyl adjacent to an activating group) is 1.